The summed E-state index contributed by atoms with van der Waals surface area (Å²) >= 11 is 0. The lowest BCUT2D eigenvalue weighted by Crippen LogP contribution is -2.48. The Kier molecular flexibility index (Phi) is 4.67. The van der Waals surface area contributed by atoms with E-state index in [-0.39, 0.29) is 17.4 Å². The van der Waals surface area contributed by atoms with Gasteiger partial charge in [0.25, 0.3) is 0 Å². The van der Waals surface area contributed by atoms with Gasteiger partial charge in [-0.15, -0.1) is 5.10 Å². The van der Waals surface area contributed by atoms with Crippen molar-refractivity contribution in [2.75, 3.05) is 23.3 Å². The monoisotopic (exact) mass is 437 g/mol. The molecule has 2 fully saturated rings. The topological polar surface area (TPSA) is 93.6 Å². The first-order chi connectivity index (χ1) is 14.8. The van der Waals surface area contributed by atoms with Gasteiger partial charge in [0.2, 0.25) is 5.95 Å². The summed E-state index contributed by atoms with van der Waals surface area (Å²) in [4.78, 5) is 10.9. The summed E-state index contributed by atoms with van der Waals surface area (Å²) in [7, 11) is 0. The number of aromatic nitrogens is 5. The van der Waals surface area contributed by atoms with E-state index >= 15 is 0 Å². The highest BCUT2D eigenvalue weighted by Gasteiger charge is 2.44. The van der Waals surface area contributed by atoms with E-state index in [1.807, 2.05) is 0 Å². The average Bonchev–Trinajstić information content (AvgIpc) is 3.38. The van der Waals surface area contributed by atoms with Crippen molar-refractivity contribution in [1.82, 2.24) is 24.7 Å². The first-order valence-electron chi connectivity index (χ1n) is 10.2. The van der Waals surface area contributed by atoms with Gasteiger partial charge in [0, 0.05) is 25.3 Å². The molecule has 2 bridgehead atoms. The van der Waals surface area contributed by atoms with Crippen molar-refractivity contribution in [3.8, 4) is 5.75 Å². The zero-order chi connectivity index (χ0) is 21.8. The molecule has 0 radical (unpaired) electrons. The molecule has 2 aliphatic rings. The number of pyridine rings is 1. The van der Waals surface area contributed by atoms with E-state index in [9.17, 15) is 13.2 Å². The largest absolute Gasteiger partial charge is 0.477 e. The number of hydrogen-bond acceptors (Lipinski definition) is 8. The summed E-state index contributed by atoms with van der Waals surface area (Å²) in [5.74, 6) is 1.71. The fourth-order valence-electron chi connectivity index (χ4n) is 4.47. The van der Waals surface area contributed by atoms with Crippen molar-refractivity contribution in [2.45, 2.75) is 45.0 Å². The predicted octanol–water partition coefficient (Wildman–Crippen LogP) is 3.08. The molecule has 31 heavy (non-hydrogen) atoms. The number of hydrogen-bond donors (Lipinski definition) is 1. The zero-order valence-corrected chi connectivity index (χ0v) is 17.0. The van der Waals surface area contributed by atoms with Crippen LogP contribution in [0.1, 0.15) is 25.6 Å². The van der Waals surface area contributed by atoms with Crippen LogP contribution in [-0.4, -0.2) is 56.2 Å². The van der Waals surface area contributed by atoms with Gasteiger partial charge in [-0.05, 0) is 50.7 Å². The highest BCUT2D eigenvalue weighted by atomic mass is 19.4. The Morgan fingerprint density at radius 2 is 1.97 bits per heavy atom. The van der Waals surface area contributed by atoms with Crippen LogP contribution in [0.3, 0.4) is 0 Å². The second kappa shape index (κ2) is 7.27. The lowest BCUT2D eigenvalue weighted by Gasteiger charge is -2.37. The summed E-state index contributed by atoms with van der Waals surface area (Å²) in [6.45, 7) is 4.31. The van der Waals surface area contributed by atoms with Crippen LogP contribution in [0.2, 0.25) is 0 Å². The summed E-state index contributed by atoms with van der Waals surface area (Å²) in [5.41, 5.74) is 0.243. The molecular formula is C19H22F3N7O2. The molecule has 166 valence electrons. The van der Waals surface area contributed by atoms with Crippen LogP contribution in [0.4, 0.5) is 25.1 Å². The number of nitrogens with one attached hydrogen (secondary N) is 1. The van der Waals surface area contributed by atoms with Gasteiger partial charge in [0.15, 0.2) is 23.3 Å². The molecule has 0 amide bonds. The Morgan fingerprint density at radius 1 is 1.23 bits per heavy atom. The minimum absolute atomic E-state index is 0.0393. The van der Waals surface area contributed by atoms with Crippen LogP contribution in [0.25, 0.3) is 5.65 Å². The number of fused-ring (bicyclic) bond motifs is 3. The Morgan fingerprint density at radius 3 is 2.61 bits per heavy atom. The van der Waals surface area contributed by atoms with Crippen LogP contribution in [-0.2, 0) is 0 Å². The maximum absolute atomic E-state index is 12.9. The van der Waals surface area contributed by atoms with Gasteiger partial charge in [0.05, 0.1) is 0 Å². The van der Waals surface area contributed by atoms with Crippen molar-refractivity contribution in [3.05, 3.63) is 24.2 Å². The molecule has 1 saturated carbocycles. The maximum atomic E-state index is 12.9. The maximum Gasteiger partial charge on any atom is 0.425 e. The number of piperidine rings is 1. The molecule has 1 saturated heterocycles. The standard InChI is InChI=1S/C19H22F3N7O2/c1-10(19(20,21)22)30-14-4-3-7-29-16(14)25-17(26-29)24-15-12-5-6-13(15)9-28(8-12)18-23-11(2)27-31-18/h3-4,7,10,12-13,15H,5-6,8-9H2,1-2H3,(H,24,26)/t10?,12-,13+,15-. The van der Waals surface area contributed by atoms with E-state index in [0.717, 1.165) is 32.9 Å². The third-order valence-corrected chi connectivity index (χ3v) is 6.01. The molecule has 1 aliphatic carbocycles. The van der Waals surface area contributed by atoms with E-state index < -0.39 is 12.3 Å². The summed E-state index contributed by atoms with van der Waals surface area (Å²) < 4.78 is 50.5. The first kappa shape index (κ1) is 19.9. The van der Waals surface area contributed by atoms with Crippen LogP contribution in [0, 0.1) is 18.8 Å². The van der Waals surface area contributed by atoms with Crippen LogP contribution >= 0.6 is 0 Å². The van der Waals surface area contributed by atoms with Gasteiger partial charge < -0.3 is 19.5 Å². The van der Waals surface area contributed by atoms with Gasteiger partial charge >= 0.3 is 12.2 Å². The molecule has 4 heterocycles. The number of anilines is 2. The molecule has 1 unspecified atom stereocenters. The van der Waals surface area contributed by atoms with E-state index in [2.05, 4.69) is 30.4 Å². The highest BCUT2D eigenvalue weighted by molar-refractivity contribution is 5.56. The molecule has 3 aromatic heterocycles. The average molecular weight is 437 g/mol. The predicted molar refractivity (Wildman–Crippen MR) is 104 cm³/mol. The molecule has 1 aliphatic heterocycles. The third-order valence-electron chi connectivity index (χ3n) is 6.01. The molecule has 5 rings (SSSR count). The van der Waals surface area contributed by atoms with Gasteiger partial charge in [-0.2, -0.15) is 23.1 Å². The number of nitrogens with zero attached hydrogens (tertiary/aromatic N) is 6. The minimum Gasteiger partial charge on any atom is -0.477 e. The second-order valence-electron chi connectivity index (χ2n) is 8.17. The van der Waals surface area contributed by atoms with E-state index in [0.29, 0.717) is 29.6 Å². The lowest BCUT2D eigenvalue weighted by molar-refractivity contribution is -0.189. The Balaban J connectivity index is 1.33. The number of halogens is 3. The molecule has 12 heteroatoms. The summed E-state index contributed by atoms with van der Waals surface area (Å²) in [6, 6.07) is 3.75. The highest BCUT2D eigenvalue weighted by Crippen LogP contribution is 2.39. The smallest absolute Gasteiger partial charge is 0.425 e. The second-order valence-corrected chi connectivity index (χ2v) is 8.17. The van der Waals surface area contributed by atoms with Crippen molar-refractivity contribution in [1.29, 1.82) is 0 Å². The van der Waals surface area contributed by atoms with Crippen LogP contribution in [0.15, 0.2) is 22.9 Å². The number of aryl methyl sites for hydroxylation is 1. The van der Waals surface area contributed by atoms with Gasteiger partial charge in [0.1, 0.15) is 0 Å². The number of rotatable bonds is 5. The molecule has 0 spiro atoms. The Labute approximate surface area is 175 Å². The third kappa shape index (κ3) is 3.74. The van der Waals surface area contributed by atoms with Gasteiger partial charge in [-0.25, -0.2) is 4.52 Å². The molecule has 4 atom stereocenters. The molecule has 1 N–H and O–H groups in total. The molecule has 3 aromatic rings. The Hall–Kier alpha value is -3.05. The quantitative estimate of drug-likeness (QED) is 0.651. The van der Waals surface area contributed by atoms with Gasteiger partial charge in [-0.3, -0.25) is 0 Å². The van der Waals surface area contributed by atoms with E-state index in [1.54, 1.807) is 19.2 Å². The number of ether oxygens (including phenoxy) is 1. The molecular weight excluding hydrogens is 415 g/mol. The summed E-state index contributed by atoms with van der Waals surface area (Å²) in [6.07, 6.45) is -2.67. The molecule has 0 aromatic carbocycles. The van der Waals surface area contributed by atoms with Crippen molar-refractivity contribution in [3.63, 3.8) is 0 Å². The van der Waals surface area contributed by atoms with Crippen molar-refractivity contribution < 1.29 is 22.4 Å². The Bertz CT molecular complexity index is 1070. The molecule has 9 nitrogen and oxygen atoms in total. The van der Waals surface area contributed by atoms with Crippen LogP contribution in [0.5, 0.6) is 5.75 Å². The van der Waals surface area contributed by atoms with E-state index in [4.69, 9.17) is 9.26 Å². The van der Waals surface area contributed by atoms with Crippen molar-refractivity contribution in [2.24, 2.45) is 11.8 Å². The number of alkyl halides is 3. The normalized spacial score (nSPS) is 24.5. The van der Waals surface area contributed by atoms with E-state index in [1.165, 1.54) is 10.6 Å². The fraction of sp³-hybridized carbons (Fsp3) is 0.579. The zero-order valence-electron chi connectivity index (χ0n) is 17.0. The lowest BCUT2D eigenvalue weighted by atomic mass is 9.92. The summed E-state index contributed by atoms with van der Waals surface area (Å²) in [5, 5.41) is 11.7. The first-order valence-corrected chi connectivity index (χ1v) is 10.2. The fourth-order valence-corrected chi connectivity index (χ4v) is 4.47. The van der Waals surface area contributed by atoms with Crippen LogP contribution < -0.4 is 15.0 Å². The van der Waals surface area contributed by atoms with Gasteiger partial charge in [-0.1, -0.05) is 5.16 Å². The SMILES string of the molecule is Cc1noc(N2C[C@H]3CC[C@@H](C2)[C@@H]3Nc2nc3c(OC(C)C(F)(F)F)cccn3n2)n1. The van der Waals surface area contributed by atoms with Crippen molar-refractivity contribution >= 4 is 17.6 Å². The minimum atomic E-state index is -4.46.